The molecule has 144 valence electrons. The number of methoxy groups -OCH3 is 1. The molecular formula is C21H22N4O3. The van der Waals surface area contributed by atoms with E-state index < -0.39 is 5.91 Å². The lowest BCUT2D eigenvalue weighted by Gasteiger charge is -2.09. The van der Waals surface area contributed by atoms with Crippen molar-refractivity contribution in [2.75, 3.05) is 7.11 Å². The van der Waals surface area contributed by atoms with Crippen LogP contribution in [0.5, 0.6) is 5.75 Å². The molecule has 0 atom stereocenters. The van der Waals surface area contributed by atoms with Crippen LogP contribution in [-0.2, 0) is 6.54 Å². The summed E-state index contributed by atoms with van der Waals surface area (Å²) in [6, 6.07) is 14.3. The maximum absolute atomic E-state index is 12.7. The highest BCUT2D eigenvalue weighted by Crippen LogP contribution is 2.14. The Morgan fingerprint density at radius 2 is 1.82 bits per heavy atom. The van der Waals surface area contributed by atoms with E-state index in [2.05, 4.69) is 15.6 Å². The minimum absolute atomic E-state index is 0.176. The van der Waals surface area contributed by atoms with Gasteiger partial charge in [0.25, 0.3) is 11.5 Å². The van der Waals surface area contributed by atoms with Gasteiger partial charge in [-0.05, 0) is 49.2 Å². The van der Waals surface area contributed by atoms with Gasteiger partial charge in [-0.25, -0.2) is 10.1 Å². The first-order valence-corrected chi connectivity index (χ1v) is 9.04. The molecule has 0 aliphatic heterocycles. The average Bonchev–Trinajstić information content (AvgIpc) is 2.74. The number of aromatic nitrogens is 2. The van der Waals surface area contributed by atoms with Crippen LogP contribution in [0.1, 0.15) is 36.3 Å². The third kappa shape index (κ3) is 3.93. The van der Waals surface area contributed by atoms with Crippen LogP contribution in [0, 0.1) is 0 Å². The van der Waals surface area contributed by atoms with Crippen LogP contribution >= 0.6 is 0 Å². The molecule has 0 spiro atoms. The van der Waals surface area contributed by atoms with Gasteiger partial charge in [-0.15, -0.1) is 0 Å². The normalized spacial score (nSPS) is 11.5. The summed E-state index contributed by atoms with van der Waals surface area (Å²) in [7, 11) is 1.60. The SMILES string of the molecule is CCCn1nc(C(=O)N/N=C(\C)c2ccc(OC)cc2)c2ccccc2c1=O. The van der Waals surface area contributed by atoms with Crippen molar-refractivity contribution in [1.29, 1.82) is 0 Å². The van der Waals surface area contributed by atoms with Crippen LogP contribution in [0.4, 0.5) is 0 Å². The number of hydrazone groups is 1. The van der Waals surface area contributed by atoms with E-state index in [4.69, 9.17) is 4.74 Å². The first-order chi connectivity index (χ1) is 13.5. The number of carbonyl (C=O) groups excluding carboxylic acids is 1. The zero-order valence-corrected chi connectivity index (χ0v) is 16.1. The molecule has 0 saturated carbocycles. The van der Waals surface area contributed by atoms with E-state index in [9.17, 15) is 9.59 Å². The number of hydrogen-bond acceptors (Lipinski definition) is 5. The van der Waals surface area contributed by atoms with E-state index in [0.29, 0.717) is 23.0 Å². The van der Waals surface area contributed by atoms with Gasteiger partial charge in [-0.2, -0.15) is 10.2 Å². The van der Waals surface area contributed by atoms with Gasteiger partial charge >= 0.3 is 0 Å². The summed E-state index contributed by atoms with van der Waals surface area (Å²) in [5.41, 5.74) is 4.02. The van der Waals surface area contributed by atoms with E-state index in [-0.39, 0.29) is 11.3 Å². The highest BCUT2D eigenvalue weighted by Gasteiger charge is 2.16. The predicted octanol–water partition coefficient (Wildman–Crippen LogP) is 2.97. The van der Waals surface area contributed by atoms with Crippen LogP contribution in [-0.4, -0.2) is 28.5 Å². The topological polar surface area (TPSA) is 85.6 Å². The Bertz CT molecular complexity index is 1080. The lowest BCUT2D eigenvalue weighted by Crippen LogP contribution is -2.29. The van der Waals surface area contributed by atoms with Gasteiger partial charge in [0, 0.05) is 11.9 Å². The summed E-state index contributed by atoms with van der Waals surface area (Å²) in [4.78, 5) is 25.3. The van der Waals surface area contributed by atoms with Crippen molar-refractivity contribution in [2.24, 2.45) is 5.10 Å². The molecule has 7 nitrogen and oxygen atoms in total. The number of amides is 1. The average molecular weight is 378 g/mol. The second kappa shape index (κ2) is 8.47. The van der Waals surface area contributed by atoms with E-state index in [0.717, 1.165) is 17.7 Å². The lowest BCUT2D eigenvalue weighted by molar-refractivity contribution is 0.0949. The number of ether oxygens (including phenoxy) is 1. The Labute approximate surface area is 162 Å². The van der Waals surface area contributed by atoms with Crippen molar-refractivity contribution in [3.05, 3.63) is 70.1 Å². The molecule has 2 aromatic carbocycles. The van der Waals surface area contributed by atoms with Crippen LogP contribution < -0.4 is 15.7 Å². The van der Waals surface area contributed by atoms with Crippen molar-refractivity contribution >= 4 is 22.4 Å². The molecule has 1 aromatic heterocycles. The molecule has 3 rings (SSSR count). The number of benzene rings is 2. The van der Waals surface area contributed by atoms with E-state index in [1.54, 1.807) is 38.3 Å². The molecular weight excluding hydrogens is 356 g/mol. The van der Waals surface area contributed by atoms with Crippen LogP contribution in [0.25, 0.3) is 10.8 Å². The number of nitrogens with zero attached hydrogens (tertiary/aromatic N) is 3. The Morgan fingerprint density at radius 3 is 2.46 bits per heavy atom. The van der Waals surface area contributed by atoms with Gasteiger partial charge in [0.2, 0.25) is 0 Å². The summed E-state index contributed by atoms with van der Waals surface area (Å²) in [6.45, 7) is 4.19. The minimum atomic E-state index is -0.464. The highest BCUT2D eigenvalue weighted by molar-refractivity contribution is 6.06. The van der Waals surface area contributed by atoms with Crippen molar-refractivity contribution in [1.82, 2.24) is 15.2 Å². The standard InChI is InChI=1S/C21H22N4O3/c1-4-13-25-21(27)18-8-6-5-7-17(18)19(24-25)20(26)23-22-14(2)15-9-11-16(28-3)12-10-15/h5-12H,4,13H2,1-3H3,(H,23,26)/b22-14+. The molecule has 1 N–H and O–H groups in total. The molecule has 0 saturated heterocycles. The molecule has 0 radical (unpaired) electrons. The maximum Gasteiger partial charge on any atom is 0.292 e. The highest BCUT2D eigenvalue weighted by atomic mass is 16.5. The zero-order valence-electron chi connectivity index (χ0n) is 16.1. The van der Waals surface area contributed by atoms with Crippen LogP contribution in [0.2, 0.25) is 0 Å². The zero-order chi connectivity index (χ0) is 20.1. The van der Waals surface area contributed by atoms with Crippen molar-refractivity contribution in [3.8, 4) is 5.75 Å². The van der Waals surface area contributed by atoms with Gasteiger partial charge in [-0.1, -0.05) is 25.1 Å². The first-order valence-electron chi connectivity index (χ1n) is 9.04. The number of hydrogen-bond donors (Lipinski definition) is 1. The number of rotatable bonds is 6. The Balaban J connectivity index is 1.92. The third-order valence-electron chi connectivity index (χ3n) is 4.35. The minimum Gasteiger partial charge on any atom is -0.497 e. The first kappa shape index (κ1) is 19.3. The lowest BCUT2D eigenvalue weighted by atomic mass is 10.1. The smallest absolute Gasteiger partial charge is 0.292 e. The van der Waals surface area contributed by atoms with Crippen molar-refractivity contribution in [2.45, 2.75) is 26.8 Å². The molecule has 1 amide bonds. The van der Waals surface area contributed by atoms with Crippen molar-refractivity contribution < 1.29 is 9.53 Å². The summed E-state index contributed by atoms with van der Waals surface area (Å²) in [5.74, 6) is 0.281. The fourth-order valence-electron chi connectivity index (χ4n) is 2.85. The quantitative estimate of drug-likeness (QED) is 0.528. The molecule has 1 heterocycles. The predicted molar refractivity (Wildman–Crippen MR) is 109 cm³/mol. The number of nitrogens with one attached hydrogen (secondary N) is 1. The molecule has 0 aliphatic carbocycles. The molecule has 3 aromatic rings. The van der Waals surface area contributed by atoms with Gasteiger partial charge in [-0.3, -0.25) is 9.59 Å². The fraction of sp³-hybridized carbons (Fsp3) is 0.238. The number of aryl methyl sites for hydroxylation is 1. The molecule has 0 bridgehead atoms. The molecule has 7 heteroatoms. The van der Waals surface area contributed by atoms with Crippen LogP contribution in [0.3, 0.4) is 0 Å². The second-order valence-corrected chi connectivity index (χ2v) is 6.29. The molecule has 0 unspecified atom stereocenters. The van der Waals surface area contributed by atoms with Gasteiger partial charge in [0.15, 0.2) is 5.69 Å². The molecule has 0 aliphatic rings. The van der Waals surface area contributed by atoms with Gasteiger partial charge in [0.1, 0.15) is 5.75 Å². The molecule has 0 fully saturated rings. The molecule has 28 heavy (non-hydrogen) atoms. The third-order valence-corrected chi connectivity index (χ3v) is 4.35. The summed E-state index contributed by atoms with van der Waals surface area (Å²) < 4.78 is 6.47. The van der Waals surface area contributed by atoms with Crippen LogP contribution in [0.15, 0.2) is 58.4 Å². The summed E-state index contributed by atoms with van der Waals surface area (Å²) in [5, 5.41) is 9.42. The Kier molecular flexibility index (Phi) is 5.84. The van der Waals surface area contributed by atoms with Crippen molar-refractivity contribution in [3.63, 3.8) is 0 Å². The monoisotopic (exact) mass is 378 g/mol. The second-order valence-electron chi connectivity index (χ2n) is 6.29. The maximum atomic E-state index is 12.7. The number of carbonyl (C=O) groups is 1. The Hall–Kier alpha value is -3.48. The van der Waals surface area contributed by atoms with E-state index in [1.165, 1.54) is 4.68 Å². The number of fused-ring (bicyclic) bond motifs is 1. The van der Waals surface area contributed by atoms with Gasteiger partial charge < -0.3 is 4.74 Å². The van der Waals surface area contributed by atoms with E-state index in [1.807, 2.05) is 31.2 Å². The largest absolute Gasteiger partial charge is 0.497 e. The van der Waals surface area contributed by atoms with Gasteiger partial charge in [0.05, 0.1) is 18.2 Å². The van der Waals surface area contributed by atoms with E-state index >= 15 is 0 Å². The summed E-state index contributed by atoms with van der Waals surface area (Å²) >= 11 is 0. The fourth-order valence-corrected chi connectivity index (χ4v) is 2.85. The Morgan fingerprint density at radius 1 is 1.14 bits per heavy atom. The summed E-state index contributed by atoms with van der Waals surface area (Å²) in [6.07, 6.45) is 0.737.